The van der Waals surface area contributed by atoms with Crippen molar-refractivity contribution in [1.82, 2.24) is 4.57 Å². The third-order valence-corrected chi connectivity index (χ3v) is 7.32. The maximum atomic E-state index is 13.3. The second-order valence-corrected chi connectivity index (χ2v) is 9.64. The molecule has 0 fully saturated rings. The van der Waals surface area contributed by atoms with Crippen molar-refractivity contribution in [3.8, 4) is 5.75 Å². The fourth-order valence-corrected chi connectivity index (χ4v) is 5.17. The van der Waals surface area contributed by atoms with Gasteiger partial charge >= 0.3 is 0 Å². The number of carbonyl (C=O) groups is 1. The Labute approximate surface area is 197 Å². The van der Waals surface area contributed by atoms with Crippen molar-refractivity contribution < 1.29 is 17.9 Å². The van der Waals surface area contributed by atoms with E-state index in [-0.39, 0.29) is 21.7 Å². The second kappa shape index (κ2) is 9.52. The summed E-state index contributed by atoms with van der Waals surface area (Å²) in [6.45, 7) is 1.75. The van der Waals surface area contributed by atoms with Crippen LogP contribution in [0.2, 0.25) is 0 Å². The van der Waals surface area contributed by atoms with Gasteiger partial charge in [0.05, 0.1) is 23.2 Å². The SMILES string of the molecule is CCc1ccc2c(c1)c(=O)c(S(=O)(=O)c1ccccc1)cn2CC(=O)Nc1ccccc1OC. The van der Waals surface area contributed by atoms with Gasteiger partial charge in [-0.2, -0.15) is 0 Å². The molecule has 0 unspecified atom stereocenters. The van der Waals surface area contributed by atoms with E-state index in [1.807, 2.05) is 13.0 Å². The number of methoxy groups -OCH3 is 1. The summed E-state index contributed by atoms with van der Waals surface area (Å²) in [6, 6.07) is 20.1. The van der Waals surface area contributed by atoms with Crippen LogP contribution < -0.4 is 15.5 Å². The first-order valence-electron chi connectivity index (χ1n) is 10.7. The van der Waals surface area contributed by atoms with Crippen molar-refractivity contribution in [2.45, 2.75) is 29.7 Å². The van der Waals surface area contributed by atoms with Crippen molar-refractivity contribution in [1.29, 1.82) is 0 Å². The lowest BCUT2D eigenvalue weighted by Gasteiger charge is -2.15. The van der Waals surface area contributed by atoms with Crippen LogP contribution in [0.5, 0.6) is 5.75 Å². The number of ether oxygens (including phenoxy) is 1. The molecule has 174 valence electrons. The standard InChI is InChI=1S/C26H24N2O5S/c1-3-18-13-14-22-20(15-18)26(30)24(34(31,32)19-9-5-4-6-10-19)16-28(22)17-25(29)27-21-11-7-8-12-23(21)33-2/h4-16H,3,17H2,1-2H3,(H,27,29). The Balaban J connectivity index is 1.83. The fraction of sp³-hybridized carbons (Fsp3) is 0.154. The van der Waals surface area contributed by atoms with E-state index in [9.17, 15) is 18.0 Å². The number of sulfone groups is 1. The molecule has 1 amide bonds. The maximum Gasteiger partial charge on any atom is 0.244 e. The highest BCUT2D eigenvalue weighted by atomic mass is 32.2. The third kappa shape index (κ3) is 4.45. The molecule has 1 aromatic heterocycles. The number of carbonyl (C=O) groups excluding carboxylic acids is 1. The molecule has 3 aromatic carbocycles. The van der Waals surface area contributed by atoms with Crippen molar-refractivity contribution >= 4 is 32.3 Å². The molecule has 0 aliphatic heterocycles. The van der Waals surface area contributed by atoms with Gasteiger partial charge < -0.3 is 14.6 Å². The number of hydrogen-bond donors (Lipinski definition) is 1. The van der Waals surface area contributed by atoms with E-state index in [0.717, 1.165) is 5.56 Å². The van der Waals surface area contributed by atoms with Gasteiger partial charge in [0.2, 0.25) is 21.2 Å². The van der Waals surface area contributed by atoms with E-state index < -0.39 is 21.2 Å². The summed E-state index contributed by atoms with van der Waals surface area (Å²) in [4.78, 5) is 25.9. The zero-order valence-corrected chi connectivity index (χ0v) is 19.6. The Morgan fingerprint density at radius 3 is 2.41 bits per heavy atom. The number of benzene rings is 3. The van der Waals surface area contributed by atoms with E-state index in [4.69, 9.17) is 4.74 Å². The lowest BCUT2D eigenvalue weighted by molar-refractivity contribution is -0.116. The minimum atomic E-state index is -4.09. The average molecular weight is 477 g/mol. The number of aromatic nitrogens is 1. The van der Waals surface area contributed by atoms with Crippen molar-refractivity contribution in [2.24, 2.45) is 0 Å². The summed E-state index contributed by atoms with van der Waals surface area (Å²) in [5.74, 6) is 0.109. The van der Waals surface area contributed by atoms with Gasteiger partial charge in [0.25, 0.3) is 0 Å². The number of aryl methyl sites for hydroxylation is 1. The van der Waals surface area contributed by atoms with Crippen LogP contribution in [0.4, 0.5) is 5.69 Å². The van der Waals surface area contributed by atoms with Crippen molar-refractivity contribution in [3.05, 3.63) is 94.8 Å². The Bertz CT molecular complexity index is 1530. The van der Waals surface area contributed by atoms with Crippen LogP contribution in [0.3, 0.4) is 0 Å². The minimum Gasteiger partial charge on any atom is -0.495 e. The highest BCUT2D eigenvalue weighted by molar-refractivity contribution is 7.91. The normalized spacial score (nSPS) is 11.4. The Hall–Kier alpha value is -3.91. The number of fused-ring (bicyclic) bond motifs is 1. The first-order valence-corrected chi connectivity index (χ1v) is 12.2. The number of nitrogens with zero attached hydrogens (tertiary/aromatic N) is 1. The number of nitrogens with one attached hydrogen (secondary N) is 1. The number of anilines is 1. The Morgan fingerprint density at radius 1 is 1.00 bits per heavy atom. The van der Waals surface area contributed by atoms with Gasteiger partial charge in [0.1, 0.15) is 17.2 Å². The smallest absolute Gasteiger partial charge is 0.244 e. The molecule has 0 radical (unpaired) electrons. The average Bonchev–Trinajstić information content (AvgIpc) is 2.86. The number of pyridine rings is 1. The monoisotopic (exact) mass is 476 g/mol. The van der Waals surface area contributed by atoms with Gasteiger partial charge in [-0.15, -0.1) is 0 Å². The topological polar surface area (TPSA) is 94.5 Å². The predicted molar refractivity (Wildman–Crippen MR) is 131 cm³/mol. The van der Waals surface area contributed by atoms with Crippen molar-refractivity contribution in [2.75, 3.05) is 12.4 Å². The minimum absolute atomic E-state index is 0.0168. The van der Waals surface area contributed by atoms with Crippen LogP contribution in [0.15, 0.2) is 93.6 Å². The molecule has 0 bridgehead atoms. The molecule has 8 heteroatoms. The molecule has 1 N–H and O–H groups in total. The van der Waals surface area contributed by atoms with Crippen LogP contribution in [-0.4, -0.2) is 26.0 Å². The summed E-state index contributed by atoms with van der Waals surface area (Å²) in [5.41, 5.74) is 1.27. The van der Waals surface area contributed by atoms with Gasteiger partial charge in [-0.3, -0.25) is 9.59 Å². The second-order valence-electron chi connectivity index (χ2n) is 7.72. The van der Waals surface area contributed by atoms with Crippen LogP contribution in [-0.2, 0) is 27.6 Å². The molecule has 0 saturated carbocycles. The molecule has 34 heavy (non-hydrogen) atoms. The number of rotatable bonds is 7. The molecule has 0 aliphatic rings. The van der Waals surface area contributed by atoms with Gasteiger partial charge in [-0.1, -0.05) is 43.3 Å². The number of para-hydroxylation sites is 2. The largest absolute Gasteiger partial charge is 0.495 e. The highest BCUT2D eigenvalue weighted by Gasteiger charge is 2.24. The quantitative estimate of drug-likeness (QED) is 0.434. The van der Waals surface area contributed by atoms with Crippen LogP contribution in [0.25, 0.3) is 10.9 Å². The summed E-state index contributed by atoms with van der Waals surface area (Å²) < 4.78 is 33.4. The van der Waals surface area contributed by atoms with E-state index in [1.54, 1.807) is 54.6 Å². The van der Waals surface area contributed by atoms with Crippen LogP contribution >= 0.6 is 0 Å². The van der Waals surface area contributed by atoms with Crippen molar-refractivity contribution in [3.63, 3.8) is 0 Å². The molecule has 4 rings (SSSR count). The molecule has 0 aliphatic carbocycles. The van der Waals surface area contributed by atoms with E-state index >= 15 is 0 Å². The van der Waals surface area contributed by atoms with Gasteiger partial charge in [-0.05, 0) is 48.4 Å². The summed E-state index contributed by atoms with van der Waals surface area (Å²) in [7, 11) is -2.59. The molecule has 0 atom stereocenters. The van der Waals surface area contributed by atoms with E-state index in [0.29, 0.717) is 23.4 Å². The van der Waals surface area contributed by atoms with Gasteiger partial charge in [0, 0.05) is 11.6 Å². The summed E-state index contributed by atoms with van der Waals surface area (Å²) in [5, 5.41) is 3.04. The maximum absolute atomic E-state index is 13.3. The molecular formula is C26H24N2O5S. The first kappa shape index (κ1) is 23.3. The lowest BCUT2D eigenvalue weighted by atomic mass is 10.1. The van der Waals surface area contributed by atoms with Crippen LogP contribution in [0.1, 0.15) is 12.5 Å². The Kier molecular flexibility index (Phi) is 6.51. The molecule has 0 saturated heterocycles. The highest BCUT2D eigenvalue weighted by Crippen LogP contribution is 2.24. The molecule has 0 spiro atoms. The number of amides is 1. The Morgan fingerprint density at radius 2 is 1.71 bits per heavy atom. The van der Waals surface area contributed by atoms with Gasteiger partial charge in [-0.25, -0.2) is 8.42 Å². The van der Waals surface area contributed by atoms with Crippen LogP contribution in [0, 0.1) is 0 Å². The zero-order chi connectivity index (χ0) is 24.3. The van der Waals surface area contributed by atoms with E-state index in [2.05, 4.69) is 5.32 Å². The van der Waals surface area contributed by atoms with Gasteiger partial charge in [0.15, 0.2) is 0 Å². The lowest BCUT2D eigenvalue weighted by Crippen LogP contribution is -2.24. The summed E-state index contributed by atoms with van der Waals surface area (Å²) in [6.07, 6.45) is 1.93. The number of hydrogen-bond acceptors (Lipinski definition) is 5. The molecule has 1 heterocycles. The first-order chi connectivity index (χ1) is 16.3. The molecular weight excluding hydrogens is 452 g/mol. The fourth-order valence-electron chi connectivity index (χ4n) is 3.78. The predicted octanol–water partition coefficient (Wildman–Crippen LogP) is 4.04. The summed E-state index contributed by atoms with van der Waals surface area (Å²) >= 11 is 0. The zero-order valence-electron chi connectivity index (χ0n) is 18.8. The third-order valence-electron chi connectivity index (χ3n) is 5.56. The molecule has 4 aromatic rings. The molecule has 7 nitrogen and oxygen atoms in total. The van der Waals surface area contributed by atoms with E-state index in [1.165, 1.54) is 30.0 Å².